The van der Waals surface area contributed by atoms with E-state index in [0.29, 0.717) is 11.3 Å². The van der Waals surface area contributed by atoms with E-state index in [1.807, 2.05) is 13.0 Å². The van der Waals surface area contributed by atoms with Crippen molar-refractivity contribution in [2.75, 3.05) is 5.32 Å². The molecule has 0 aliphatic carbocycles. The number of phenolic OH excluding ortho intramolecular Hbond substituents is 1. The van der Waals surface area contributed by atoms with Crippen molar-refractivity contribution >= 4 is 11.6 Å². The second-order valence-corrected chi connectivity index (χ2v) is 4.15. The molecule has 4 heteroatoms. The fraction of sp³-hybridized carbons (Fsp3) is 0.143. The highest BCUT2D eigenvalue weighted by molar-refractivity contribution is 6.04. The second-order valence-electron chi connectivity index (χ2n) is 4.15. The monoisotopic (exact) mass is 242 g/mol. The maximum absolute atomic E-state index is 12.0. The first-order chi connectivity index (χ1) is 8.58. The molecule has 1 aromatic carbocycles. The lowest BCUT2D eigenvalue weighted by Crippen LogP contribution is -2.12. The molecule has 1 heterocycles. The molecule has 0 unspecified atom stereocenters. The minimum Gasteiger partial charge on any atom is -0.508 e. The van der Waals surface area contributed by atoms with Crippen LogP contribution in [0.25, 0.3) is 0 Å². The third-order valence-corrected chi connectivity index (χ3v) is 2.76. The smallest absolute Gasteiger partial charge is 0.255 e. The summed E-state index contributed by atoms with van der Waals surface area (Å²) in [5.74, 6) is -0.146. The molecule has 2 N–H and O–H groups in total. The van der Waals surface area contributed by atoms with Crippen molar-refractivity contribution in [1.29, 1.82) is 0 Å². The minimum atomic E-state index is -0.263. The van der Waals surface area contributed by atoms with E-state index in [2.05, 4.69) is 10.3 Å². The summed E-state index contributed by atoms with van der Waals surface area (Å²) < 4.78 is 0. The van der Waals surface area contributed by atoms with Crippen molar-refractivity contribution in [2.24, 2.45) is 0 Å². The Bertz CT molecular complexity index is 594. The van der Waals surface area contributed by atoms with E-state index in [1.165, 1.54) is 6.07 Å². The zero-order valence-corrected chi connectivity index (χ0v) is 10.3. The summed E-state index contributed by atoms with van der Waals surface area (Å²) in [4.78, 5) is 15.9. The zero-order valence-electron chi connectivity index (χ0n) is 10.3. The number of aromatic nitrogens is 1. The number of aromatic hydroxyl groups is 1. The topological polar surface area (TPSA) is 62.2 Å². The number of nitrogens with zero attached hydrogens (tertiary/aromatic N) is 1. The Balaban J connectivity index is 2.22. The molecule has 2 aromatic rings. The molecular weight excluding hydrogens is 228 g/mol. The standard InChI is InChI=1S/C14H14N2O2/c1-9-5-6-15-8-12(9)16-14(18)11-4-3-10(2)13(17)7-11/h3-8,17H,1-2H3,(H,16,18). The third-order valence-electron chi connectivity index (χ3n) is 2.76. The highest BCUT2D eigenvalue weighted by atomic mass is 16.3. The fourth-order valence-electron chi connectivity index (χ4n) is 1.54. The summed E-state index contributed by atoms with van der Waals surface area (Å²) in [7, 11) is 0. The quantitative estimate of drug-likeness (QED) is 0.851. The summed E-state index contributed by atoms with van der Waals surface area (Å²) >= 11 is 0. The van der Waals surface area contributed by atoms with Crippen molar-refractivity contribution in [3.63, 3.8) is 0 Å². The van der Waals surface area contributed by atoms with Crippen LogP contribution in [0.2, 0.25) is 0 Å². The van der Waals surface area contributed by atoms with Crippen LogP contribution in [0.3, 0.4) is 0 Å². The van der Waals surface area contributed by atoms with Gasteiger partial charge in [0, 0.05) is 11.8 Å². The number of aryl methyl sites for hydroxylation is 2. The second kappa shape index (κ2) is 4.87. The summed E-state index contributed by atoms with van der Waals surface area (Å²) in [6.45, 7) is 3.67. The molecule has 4 nitrogen and oxygen atoms in total. The van der Waals surface area contributed by atoms with Gasteiger partial charge in [0.05, 0.1) is 11.9 Å². The number of hydrogen-bond acceptors (Lipinski definition) is 3. The van der Waals surface area contributed by atoms with E-state index < -0.39 is 0 Å². The molecule has 0 bridgehead atoms. The number of phenols is 1. The van der Waals surface area contributed by atoms with E-state index in [4.69, 9.17) is 0 Å². The number of pyridine rings is 1. The average Bonchev–Trinajstić information content (AvgIpc) is 2.35. The van der Waals surface area contributed by atoms with Crippen LogP contribution in [0.4, 0.5) is 5.69 Å². The minimum absolute atomic E-state index is 0.116. The first kappa shape index (κ1) is 12.1. The lowest BCUT2D eigenvalue weighted by atomic mass is 10.1. The van der Waals surface area contributed by atoms with Gasteiger partial charge < -0.3 is 10.4 Å². The van der Waals surface area contributed by atoms with Gasteiger partial charge in [-0.2, -0.15) is 0 Å². The van der Waals surface area contributed by atoms with Crippen LogP contribution in [-0.4, -0.2) is 16.0 Å². The van der Waals surface area contributed by atoms with Gasteiger partial charge in [0.15, 0.2) is 0 Å². The summed E-state index contributed by atoms with van der Waals surface area (Å²) in [6, 6.07) is 6.66. The Morgan fingerprint density at radius 3 is 2.67 bits per heavy atom. The third kappa shape index (κ3) is 2.48. The molecule has 0 atom stereocenters. The Kier molecular flexibility index (Phi) is 3.28. The molecule has 0 saturated heterocycles. The van der Waals surface area contributed by atoms with E-state index in [1.54, 1.807) is 31.5 Å². The van der Waals surface area contributed by atoms with Crippen LogP contribution in [0.5, 0.6) is 5.75 Å². The number of hydrogen-bond donors (Lipinski definition) is 2. The molecule has 0 saturated carbocycles. The summed E-state index contributed by atoms with van der Waals surface area (Å²) in [6.07, 6.45) is 3.27. The van der Waals surface area contributed by atoms with Crippen LogP contribution in [0.15, 0.2) is 36.7 Å². The van der Waals surface area contributed by atoms with E-state index in [0.717, 1.165) is 11.1 Å². The number of amides is 1. The van der Waals surface area contributed by atoms with Crippen LogP contribution >= 0.6 is 0 Å². The van der Waals surface area contributed by atoms with Gasteiger partial charge in [-0.1, -0.05) is 6.07 Å². The zero-order chi connectivity index (χ0) is 13.1. The van der Waals surface area contributed by atoms with Gasteiger partial charge in [0.2, 0.25) is 0 Å². The van der Waals surface area contributed by atoms with Crippen molar-refractivity contribution < 1.29 is 9.90 Å². The molecule has 0 spiro atoms. The fourth-order valence-corrected chi connectivity index (χ4v) is 1.54. The van der Waals surface area contributed by atoms with Gasteiger partial charge in [-0.05, 0) is 43.2 Å². The molecular formula is C14H14N2O2. The first-order valence-electron chi connectivity index (χ1n) is 5.59. The number of nitrogens with one attached hydrogen (secondary N) is 1. The predicted molar refractivity (Wildman–Crippen MR) is 69.8 cm³/mol. The van der Waals surface area contributed by atoms with Crippen LogP contribution in [0, 0.1) is 13.8 Å². The summed E-state index contributed by atoms with van der Waals surface area (Å²) in [5.41, 5.74) is 2.77. The molecule has 0 aliphatic heterocycles. The van der Waals surface area contributed by atoms with Crippen LogP contribution in [-0.2, 0) is 0 Å². The van der Waals surface area contributed by atoms with Gasteiger partial charge >= 0.3 is 0 Å². The SMILES string of the molecule is Cc1ccc(C(=O)Nc2cnccc2C)cc1O. The Morgan fingerprint density at radius 2 is 2.00 bits per heavy atom. The van der Waals surface area contributed by atoms with Gasteiger partial charge in [-0.15, -0.1) is 0 Å². The highest BCUT2D eigenvalue weighted by Crippen LogP contribution is 2.19. The Morgan fingerprint density at radius 1 is 1.22 bits per heavy atom. The molecule has 1 aromatic heterocycles. The van der Waals surface area contributed by atoms with Crippen molar-refractivity contribution in [3.8, 4) is 5.75 Å². The average molecular weight is 242 g/mol. The van der Waals surface area contributed by atoms with Crippen molar-refractivity contribution in [3.05, 3.63) is 53.3 Å². The summed E-state index contributed by atoms with van der Waals surface area (Å²) in [5, 5.41) is 12.3. The molecule has 1 amide bonds. The first-order valence-corrected chi connectivity index (χ1v) is 5.59. The lowest BCUT2D eigenvalue weighted by Gasteiger charge is -2.08. The van der Waals surface area contributed by atoms with Crippen molar-refractivity contribution in [1.82, 2.24) is 4.98 Å². The number of rotatable bonds is 2. The maximum Gasteiger partial charge on any atom is 0.255 e. The molecule has 0 radical (unpaired) electrons. The van der Waals surface area contributed by atoms with E-state index in [-0.39, 0.29) is 11.7 Å². The van der Waals surface area contributed by atoms with E-state index >= 15 is 0 Å². The normalized spacial score (nSPS) is 10.1. The van der Waals surface area contributed by atoms with Crippen LogP contribution < -0.4 is 5.32 Å². The van der Waals surface area contributed by atoms with Crippen LogP contribution in [0.1, 0.15) is 21.5 Å². The Hall–Kier alpha value is -2.36. The van der Waals surface area contributed by atoms with E-state index in [9.17, 15) is 9.90 Å². The number of carbonyl (C=O) groups is 1. The number of benzene rings is 1. The van der Waals surface area contributed by atoms with Gasteiger partial charge in [-0.3, -0.25) is 9.78 Å². The predicted octanol–water partition coefficient (Wildman–Crippen LogP) is 2.66. The maximum atomic E-state index is 12.0. The van der Waals surface area contributed by atoms with Gasteiger partial charge in [-0.25, -0.2) is 0 Å². The number of carbonyl (C=O) groups excluding carboxylic acids is 1. The molecule has 2 rings (SSSR count). The lowest BCUT2D eigenvalue weighted by molar-refractivity contribution is 0.102. The highest BCUT2D eigenvalue weighted by Gasteiger charge is 2.09. The Labute approximate surface area is 105 Å². The largest absolute Gasteiger partial charge is 0.508 e. The van der Waals surface area contributed by atoms with Gasteiger partial charge in [0.25, 0.3) is 5.91 Å². The number of anilines is 1. The molecule has 92 valence electrons. The van der Waals surface area contributed by atoms with Gasteiger partial charge in [0.1, 0.15) is 5.75 Å². The van der Waals surface area contributed by atoms with Crippen molar-refractivity contribution in [2.45, 2.75) is 13.8 Å². The molecule has 18 heavy (non-hydrogen) atoms. The molecule has 0 aliphatic rings. The molecule has 0 fully saturated rings.